The van der Waals surface area contributed by atoms with Crippen LogP contribution in [0.25, 0.3) is 0 Å². The number of likely N-dealkylation sites (tertiary alicyclic amines) is 1. The van der Waals surface area contributed by atoms with Gasteiger partial charge in [-0.05, 0) is 11.6 Å². The highest BCUT2D eigenvalue weighted by Crippen LogP contribution is 2.34. The van der Waals surface area contributed by atoms with Crippen LogP contribution in [-0.2, 0) is 4.79 Å². The van der Waals surface area contributed by atoms with Crippen molar-refractivity contribution in [3.8, 4) is 0 Å². The van der Waals surface area contributed by atoms with E-state index in [0.29, 0.717) is 5.56 Å². The molecular weight excluding hydrogens is 209 g/mol. The van der Waals surface area contributed by atoms with Crippen LogP contribution >= 0.6 is 0 Å². The van der Waals surface area contributed by atoms with Gasteiger partial charge in [-0.15, -0.1) is 0 Å². The third-order valence-electron chi connectivity index (χ3n) is 3.24. The van der Waals surface area contributed by atoms with Gasteiger partial charge in [0.25, 0.3) is 0 Å². The Labute approximate surface area is 93.5 Å². The summed E-state index contributed by atoms with van der Waals surface area (Å²) in [6.07, 6.45) is 0.267. The van der Waals surface area contributed by atoms with Gasteiger partial charge in [-0.2, -0.15) is 0 Å². The zero-order valence-corrected chi connectivity index (χ0v) is 9.06. The Bertz CT molecular complexity index is 408. The molecule has 0 radical (unpaired) electrons. The average Bonchev–Trinajstić information content (AvgIpc) is 2.56. The van der Waals surface area contributed by atoms with Crippen molar-refractivity contribution in [3.05, 3.63) is 35.6 Å². The number of aliphatic hydroxyl groups is 1. The zero-order chi connectivity index (χ0) is 11.7. The van der Waals surface area contributed by atoms with Gasteiger partial charge in [0.05, 0.1) is 12.6 Å². The zero-order valence-electron chi connectivity index (χ0n) is 9.06. The van der Waals surface area contributed by atoms with E-state index in [0.717, 1.165) is 0 Å². The summed E-state index contributed by atoms with van der Waals surface area (Å²) in [6.45, 7) is -0.138. The van der Waals surface area contributed by atoms with E-state index in [9.17, 15) is 14.3 Å². The summed E-state index contributed by atoms with van der Waals surface area (Å²) in [5.41, 5.74) is 0.513. The minimum absolute atomic E-state index is 0.0488. The highest BCUT2D eigenvalue weighted by molar-refractivity contribution is 5.80. The predicted molar refractivity (Wildman–Crippen MR) is 57.4 cm³/mol. The fraction of sp³-hybridized carbons (Fsp3) is 0.417. The van der Waals surface area contributed by atoms with E-state index in [2.05, 4.69) is 0 Å². The van der Waals surface area contributed by atoms with Crippen molar-refractivity contribution < 1.29 is 14.3 Å². The largest absolute Gasteiger partial charge is 0.394 e. The molecule has 1 fully saturated rings. The molecular formula is C12H14FNO2. The third-order valence-corrected chi connectivity index (χ3v) is 3.24. The van der Waals surface area contributed by atoms with Gasteiger partial charge < -0.3 is 10.0 Å². The van der Waals surface area contributed by atoms with E-state index in [-0.39, 0.29) is 36.7 Å². The molecule has 2 atom stereocenters. The normalized spacial score (nSPS) is 25.2. The topological polar surface area (TPSA) is 40.5 Å². The maximum Gasteiger partial charge on any atom is 0.223 e. The molecule has 2 unspecified atom stereocenters. The second-order valence-corrected chi connectivity index (χ2v) is 4.09. The molecule has 3 nitrogen and oxygen atoms in total. The third kappa shape index (κ3) is 1.69. The molecule has 1 amide bonds. The highest BCUT2D eigenvalue weighted by atomic mass is 19.1. The van der Waals surface area contributed by atoms with E-state index in [1.165, 1.54) is 11.0 Å². The van der Waals surface area contributed by atoms with Crippen molar-refractivity contribution in [3.63, 3.8) is 0 Å². The Hall–Kier alpha value is -1.42. The fourth-order valence-electron chi connectivity index (χ4n) is 2.27. The lowest BCUT2D eigenvalue weighted by Crippen LogP contribution is -2.34. The number of likely N-dealkylation sites (N-methyl/N-ethyl adjacent to an activating group) is 1. The van der Waals surface area contributed by atoms with Gasteiger partial charge in [-0.3, -0.25) is 4.79 Å². The molecule has 0 bridgehead atoms. The van der Waals surface area contributed by atoms with Gasteiger partial charge >= 0.3 is 0 Å². The van der Waals surface area contributed by atoms with Gasteiger partial charge in [0.15, 0.2) is 0 Å². The molecule has 0 aliphatic carbocycles. The number of hydrogen-bond donors (Lipinski definition) is 1. The van der Waals surface area contributed by atoms with Crippen LogP contribution in [-0.4, -0.2) is 35.6 Å². The van der Waals surface area contributed by atoms with E-state index in [1.807, 2.05) is 0 Å². The van der Waals surface area contributed by atoms with Crippen molar-refractivity contribution in [2.75, 3.05) is 13.7 Å². The molecule has 1 aliphatic rings. The van der Waals surface area contributed by atoms with E-state index >= 15 is 0 Å². The summed E-state index contributed by atoms with van der Waals surface area (Å²) in [7, 11) is 1.64. The van der Waals surface area contributed by atoms with Crippen molar-refractivity contribution in [1.82, 2.24) is 4.90 Å². The number of benzene rings is 1. The number of amides is 1. The van der Waals surface area contributed by atoms with Crippen molar-refractivity contribution in [1.29, 1.82) is 0 Å². The lowest BCUT2D eigenvalue weighted by atomic mass is 9.91. The fourth-order valence-corrected chi connectivity index (χ4v) is 2.27. The minimum Gasteiger partial charge on any atom is -0.394 e. The van der Waals surface area contributed by atoms with Gasteiger partial charge in [-0.25, -0.2) is 4.39 Å². The van der Waals surface area contributed by atoms with Gasteiger partial charge in [0, 0.05) is 19.4 Å². The molecule has 1 aromatic carbocycles. The number of halogens is 1. The Morgan fingerprint density at radius 3 is 2.81 bits per heavy atom. The van der Waals surface area contributed by atoms with Gasteiger partial charge in [0.2, 0.25) is 5.91 Å². The summed E-state index contributed by atoms with van der Waals surface area (Å²) >= 11 is 0. The first-order chi connectivity index (χ1) is 7.65. The predicted octanol–water partition coefficient (Wildman–Crippen LogP) is 1.13. The molecule has 86 valence electrons. The summed E-state index contributed by atoms with van der Waals surface area (Å²) in [5, 5.41) is 9.26. The average molecular weight is 223 g/mol. The molecule has 1 saturated heterocycles. The van der Waals surface area contributed by atoms with Crippen LogP contribution in [0, 0.1) is 5.82 Å². The number of rotatable bonds is 2. The number of nitrogens with zero attached hydrogens (tertiary/aromatic N) is 1. The van der Waals surface area contributed by atoms with Crippen molar-refractivity contribution in [2.45, 2.75) is 18.4 Å². The van der Waals surface area contributed by atoms with Gasteiger partial charge in [0.1, 0.15) is 5.82 Å². The first kappa shape index (κ1) is 11.1. The smallest absolute Gasteiger partial charge is 0.223 e. The molecule has 1 aliphatic heterocycles. The number of carbonyl (C=O) groups excluding carboxylic acids is 1. The van der Waals surface area contributed by atoms with E-state index in [1.54, 1.807) is 25.2 Å². The maximum absolute atomic E-state index is 13.6. The van der Waals surface area contributed by atoms with Crippen molar-refractivity contribution >= 4 is 5.91 Å². The van der Waals surface area contributed by atoms with E-state index < -0.39 is 0 Å². The summed E-state index contributed by atoms with van der Waals surface area (Å²) in [6, 6.07) is 6.11. The van der Waals surface area contributed by atoms with Crippen LogP contribution in [0.2, 0.25) is 0 Å². The molecule has 1 aromatic rings. The van der Waals surface area contributed by atoms with Crippen LogP contribution in [0.5, 0.6) is 0 Å². The Kier molecular flexibility index (Phi) is 2.92. The highest BCUT2D eigenvalue weighted by Gasteiger charge is 2.38. The van der Waals surface area contributed by atoms with Crippen LogP contribution in [0.15, 0.2) is 24.3 Å². The molecule has 16 heavy (non-hydrogen) atoms. The first-order valence-corrected chi connectivity index (χ1v) is 5.26. The van der Waals surface area contributed by atoms with Crippen molar-refractivity contribution in [2.24, 2.45) is 0 Å². The second kappa shape index (κ2) is 4.22. The summed E-state index contributed by atoms with van der Waals surface area (Å²) in [4.78, 5) is 13.0. The number of aliphatic hydroxyl groups excluding tert-OH is 1. The number of hydrogen-bond acceptors (Lipinski definition) is 2. The lowest BCUT2D eigenvalue weighted by molar-refractivity contribution is -0.128. The monoisotopic (exact) mass is 223 g/mol. The summed E-state index contributed by atoms with van der Waals surface area (Å²) < 4.78 is 13.6. The summed E-state index contributed by atoms with van der Waals surface area (Å²) in [5.74, 6) is -0.606. The van der Waals surface area contributed by atoms with Crippen LogP contribution in [0.4, 0.5) is 4.39 Å². The van der Waals surface area contributed by atoms with Gasteiger partial charge in [-0.1, -0.05) is 18.2 Å². The minimum atomic E-state index is -0.315. The van der Waals surface area contributed by atoms with E-state index in [4.69, 9.17) is 0 Å². The quantitative estimate of drug-likeness (QED) is 0.816. The maximum atomic E-state index is 13.6. The molecule has 0 spiro atoms. The van der Waals surface area contributed by atoms with Crippen LogP contribution < -0.4 is 0 Å². The molecule has 4 heteroatoms. The van der Waals surface area contributed by atoms with Crippen LogP contribution in [0.3, 0.4) is 0 Å². The standard InChI is InChI=1S/C12H14FNO2/c1-14-11(7-15)9(6-12(14)16)8-4-2-3-5-10(8)13/h2-5,9,11,15H,6-7H2,1H3. The Morgan fingerprint density at radius 2 is 2.19 bits per heavy atom. The molecule has 1 N–H and O–H groups in total. The Balaban J connectivity index is 2.35. The molecule has 1 heterocycles. The molecule has 0 aromatic heterocycles. The van der Waals surface area contributed by atoms with Crippen LogP contribution in [0.1, 0.15) is 17.9 Å². The molecule has 2 rings (SSSR count). The molecule has 0 saturated carbocycles. The second-order valence-electron chi connectivity index (χ2n) is 4.09. The number of carbonyl (C=O) groups is 1. The SMILES string of the molecule is CN1C(=O)CC(c2ccccc2F)C1CO. The first-order valence-electron chi connectivity index (χ1n) is 5.26. The lowest BCUT2D eigenvalue weighted by Gasteiger charge is -2.23. The Morgan fingerprint density at radius 1 is 1.50 bits per heavy atom.